The summed E-state index contributed by atoms with van der Waals surface area (Å²) in [4.78, 5) is 0. The van der Waals surface area contributed by atoms with Gasteiger partial charge in [-0.25, -0.2) is 0 Å². The summed E-state index contributed by atoms with van der Waals surface area (Å²) in [5, 5.41) is 0. The van der Waals surface area contributed by atoms with Crippen LogP contribution in [0.3, 0.4) is 0 Å². The molecule has 0 atom stereocenters. The van der Waals surface area contributed by atoms with Crippen molar-refractivity contribution in [2.24, 2.45) is 5.92 Å². The molecule has 0 saturated heterocycles. The maximum absolute atomic E-state index is 12.7. The van der Waals surface area contributed by atoms with E-state index in [0.717, 1.165) is 37.7 Å². The Morgan fingerprint density at radius 1 is 1.14 bits per heavy atom. The Hall–Kier alpha value is 0.511. The van der Waals surface area contributed by atoms with Gasteiger partial charge in [0.05, 0.1) is 6.10 Å². The van der Waals surface area contributed by atoms with Crippen LogP contribution in [0, 0.1) is 12.8 Å². The third-order valence-corrected chi connectivity index (χ3v) is 4.24. The molecule has 0 N–H and O–H groups in total. The molecule has 2 rings (SSSR count). The van der Waals surface area contributed by atoms with Crippen LogP contribution in [0.1, 0.15) is 44.6 Å². The average Bonchev–Trinajstić information content (AvgIpc) is 2.41. The van der Waals surface area contributed by atoms with Crippen LogP contribution in [0.2, 0.25) is 0 Å². The molecular formula is C15H21BF3KO. The van der Waals surface area contributed by atoms with Gasteiger partial charge in [0.2, 0.25) is 0 Å². The SMILES string of the molecule is CCC1CCC(Oc2ccc([B-](F)(F)F)cc2C)CC1.[K+]. The number of hydrogen-bond acceptors (Lipinski definition) is 1. The number of ether oxygens (including phenoxy) is 1. The number of halogens is 3. The second-order valence-corrected chi connectivity index (χ2v) is 5.77. The zero-order chi connectivity index (χ0) is 14.8. The summed E-state index contributed by atoms with van der Waals surface area (Å²) in [5.41, 5.74) is 0.0175. The first kappa shape index (κ1) is 19.6. The van der Waals surface area contributed by atoms with Gasteiger partial charge >= 0.3 is 58.4 Å². The summed E-state index contributed by atoms with van der Waals surface area (Å²) >= 11 is 0. The maximum atomic E-state index is 12.7. The fourth-order valence-electron chi connectivity index (χ4n) is 2.85. The first-order valence-electron chi connectivity index (χ1n) is 7.37. The Morgan fingerprint density at radius 3 is 2.24 bits per heavy atom. The van der Waals surface area contributed by atoms with Gasteiger partial charge in [0.15, 0.2) is 0 Å². The number of aryl methyl sites for hydroxylation is 1. The molecule has 0 amide bonds. The normalized spacial score (nSPS) is 22.5. The molecule has 0 aliphatic heterocycles. The molecule has 1 fully saturated rings. The molecule has 1 aliphatic carbocycles. The Morgan fingerprint density at radius 2 is 1.76 bits per heavy atom. The van der Waals surface area contributed by atoms with Crippen molar-refractivity contribution in [3.8, 4) is 5.75 Å². The van der Waals surface area contributed by atoms with Gasteiger partial charge in [-0.1, -0.05) is 25.5 Å². The number of benzene rings is 1. The van der Waals surface area contributed by atoms with Gasteiger partial charge in [0, 0.05) is 0 Å². The van der Waals surface area contributed by atoms with E-state index in [4.69, 9.17) is 4.74 Å². The van der Waals surface area contributed by atoms with E-state index in [2.05, 4.69) is 6.92 Å². The second-order valence-electron chi connectivity index (χ2n) is 5.77. The summed E-state index contributed by atoms with van der Waals surface area (Å²) in [6.07, 6.45) is 5.67. The van der Waals surface area contributed by atoms with Crippen LogP contribution < -0.4 is 61.6 Å². The molecule has 0 heterocycles. The zero-order valence-electron chi connectivity index (χ0n) is 13.0. The standard InChI is InChI=1S/C15H21BF3O.K/c1-3-12-4-7-14(8-5-12)20-15-9-6-13(10-11(15)2)16(17,18)19;/h6,9-10,12,14H,3-5,7-8H2,1-2H3;/q-1;+1. The van der Waals surface area contributed by atoms with Crippen LogP contribution in [0.4, 0.5) is 12.9 Å². The van der Waals surface area contributed by atoms with E-state index >= 15 is 0 Å². The Balaban J connectivity index is 0.00000220. The predicted molar refractivity (Wildman–Crippen MR) is 76.6 cm³/mol. The zero-order valence-corrected chi connectivity index (χ0v) is 16.2. The van der Waals surface area contributed by atoms with E-state index in [1.807, 2.05) is 0 Å². The molecule has 0 unspecified atom stereocenters. The smallest absolute Gasteiger partial charge is 0.490 e. The van der Waals surface area contributed by atoms with Gasteiger partial charge in [-0.05, 0) is 50.2 Å². The Bertz CT molecular complexity index is 457. The van der Waals surface area contributed by atoms with Crippen LogP contribution in [0.5, 0.6) is 5.75 Å². The molecule has 21 heavy (non-hydrogen) atoms. The third kappa shape index (κ3) is 5.57. The molecule has 6 heteroatoms. The molecule has 112 valence electrons. The first-order valence-corrected chi connectivity index (χ1v) is 7.37. The molecule has 1 saturated carbocycles. The fraction of sp³-hybridized carbons (Fsp3) is 0.600. The summed E-state index contributed by atoms with van der Waals surface area (Å²) in [5.74, 6) is 1.38. The van der Waals surface area contributed by atoms with E-state index in [-0.39, 0.29) is 57.5 Å². The minimum absolute atomic E-state index is 0. The van der Waals surface area contributed by atoms with Crippen molar-refractivity contribution in [1.82, 2.24) is 0 Å². The van der Waals surface area contributed by atoms with Crippen molar-refractivity contribution in [1.29, 1.82) is 0 Å². The molecule has 0 aromatic heterocycles. The Kier molecular flexibility index (Phi) is 7.81. The van der Waals surface area contributed by atoms with E-state index < -0.39 is 12.4 Å². The summed E-state index contributed by atoms with van der Waals surface area (Å²) < 4.78 is 43.9. The maximum Gasteiger partial charge on any atom is 1.00 e. The predicted octanol–water partition coefficient (Wildman–Crippen LogP) is 1.40. The van der Waals surface area contributed by atoms with Gasteiger partial charge in [-0.3, -0.25) is 0 Å². The van der Waals surface area contributed by atoms with Crippen molar-refractivity contribution in [3.63, 3.8) is 0 Å². The van der Waals surface area contributed by atoms with Crippen LogP contribution >= 0.6 is 0 Å². The quantitative estimate of drug-likeness (QED) is 0.761. The van der Waals surface area contributed by atoms with Crippen molar-refractivity contribution in [3.05, 3.63) is 23.8 Å². The van der Waals surface area contributed by atoms with Gasteiger partial charge in [-0.15, -0.1) is 5.46 Å². The molecule has 1 aromatic carbocycles. The van der Waals surface area contributed by atoms with Crippen LogP contribution in [-0.4, -0.2) is 13.1 Å². The van der Waals surface area contributed by atoms with Crippen molar-refractivity contribution in [2.75, 3.05) is 0 Å². The molecule has 1 aromatic rings. The topological polar surface area (TPSA) is 9.23 Å². The summed E-state index contributed by atoms with van der Waals surface area (Å²) in [6, 6.07) is 3.78. The van der Waals surface area contributed by atoms with E-state index in [1.54, 1.807) is 6.92 Å². The molecule has 1 nitrogen and oxygen atoms in total. The molecule has 1 aliphatic rings. The van der Waals surface area contributed by atoms with Gasteiger partial charge < -0.3 is 17.7 Å². The molecule has 0 radical (unpaired) electrons. The minimum Gasteiger partial charge on any atom is -0.490 e. The molecule has 0 spiro atoms. The van der Waals surface area contributed by atoms with E-state index in [1.165, 1.54) is 18.6 Å². The van der Waals surface area contributed by atoms with E-state index in [0.29, 0.717) is 11.3 Å². The van der Waals surface area contributed by atoms with Gasteiger partial charge in [0.25, 0.3) is 0 Å². The minimum atomic E-state index is -4.93. The van der Waals surface area contributed by atoms with Gasteiger partial charge in [-0.2, -0.15) is 0 Å². The number of hydrogen-bond donors (Lipinski definition) is 0. The second kappa shape index (κ2) is 8.39. The number of rotatable bonds is 4. The molecular weight excluding hydrogens is 303 g/mol. The Labute approximate surface area is 167 Å². The summed E-state index contributed by atoms with van der Waals surface area (Å²) in [6.45, 7) is -1.05. The van der Waals surface area contributed by atoms with Crippen molar-refractivity contribution >= 4 is 12.4 Å². The third-order valence-electron chi connectivity index (χ3n) is 4.24. The van der Waals surface area contributed by atoms with Gasteiger partial charge in [0.1, 0.15) is 5.75 Å². The fourth-order valence-corrected chi connectivity index (χ4v) is 2.85. The monoisotopic (exact) mass is 324 g/mol. The van der Waals surface area contributed by atoms with Crippen LogP contribution in [-0.2, 0) is 0 Å². The van der Waals surface area contributed by atoms with Crippen molar-refractivity contribution in [2.45, 2.75) is 52.1 Å². The van der Waals surface area contributed by atoms with E-state index in [9.17, 15) is 12.9 Å². The largest absolute Gasteiger partial charge is 1.00 e. The van der Waals surface area contributed by atoms with Crippen LogP contribution in [0.15, 0.2) is 18.2 Å². The molecule has 0 bridgehead atoms. The van der Waals surface area contributed by atoms with Crippen LogP contribution in [0.25, 0.3) is 0 Å². The first-order chi connectivity index (χ1) is 9.40. The average molecular weight is 324 g/mol. The van der Waals surface area contributed by atoms with Crippen molar-refractivity contribution < 1.29 is 69.1 Å². The summed E-state index contributed by atoms with van der Waals surface area (Å²) in [7, 11) is 0.